The Hall–Kier alpha value is -0.900. The van der Waals surface area contributed by atoms with Gasteiger partial charge in [0, 0.05) is 5.92 Å². The zero-order valence-electron chi connectivity index (χ0n) is 8.75. The third-order valence-electron chi connectivity index (χ3n) is 2.76. The van der Waals surface area contributed by atoms with Gasteiger partial charge in [0.25, 0.3) is 0 Å². The molecule has 1 amide bonds. The quantitative estimate of drug-likeness (QED) is 0.839. The molecule has 0 radical (unpaired) electrons. The van der Waals surface area contributed by atoms with Crippen molar-refractivity contribution in [3.05, 3.63) is 22.4 Å². The fraction of sp³-hybridized carbons (Fsp3) is 0.455. The zero-order chi connectivity index (χ0) is 11.0. The van der Waals surface area contributed by atoms with E-state index in [0.29, 0.717) is 5.92 Å². The van der Waals surface area contributed by atoms with Crippen molar-refractivity contribution in [2.75, 3.05) is 5.32 Å². The van der Waals surface area contributed by atoms with E-state index in [1.54, 1.807) is 0 Å². The summed E-state index contributed by atoms with van der Waals surface area (Å²) in [7, 11) is 0. The molecule has 15 heavy (non-hydrogen) atoms. The molecule has 2 unspecified atom stereocenters. The first kappa shape index (κ1) is 10.6. The molecule has 0 saturated heterocycles. The van der Waals surface area contributed by atoms with E-state index in [4.69, 9.17) is 0 Å². The molecule has 1 fully saturated rings. The minimum Gasteiger partial charge on any atom is -0.324 e. The van der Waals surface area contributed by atoms with Crippen molar-refractivity contribution < 1.29 is 4.79 Å². The highest BCUT2D eigenvalue weighted by atomic mass is 79.9. The number of halogens is 1. The van der Waals surface area contributed by atoms with Gasteiger partial charge in [0.15, 0.2) is 0 Å². The smallest absolute Gasteiger partial charge is 0.227 e. The molecular weight excluding hydrogens is 256 g/mol. The Kier molecular flexibility index (Phi) is 2.78. The van der Waals surface area contributed by atoms with Crippen LogP contribution >= 0.6 is 15.9 Å². The minimum absolute atomic E-state index is 0.120. The molecule has 2 rings (SSSR count). The van der Waals surface area contributed by atoms with Gasteiger partial charge in [0.1, 0.15) is 4.60 Å². The third-order valence-corrected chi connectivity index (χ3v) is 3.20. The van der Waals surface area contributed by atoms with Gasteiger partial charge >= 0.3 is 0 Å². The molecule has 1 saturated carbocycles. The van der Waals surface area contributed by atoms with Gasteiger partial charge in [-0.05, 0) is 47.3 Å². The average molecular weight is 269 g/mol. The van der Waals surface area contributed by atoms with Crippen molar-refractivity contribution in [3.8, 4) is 0 Å². The Labute approximate surface area is 97.4 Å². The maximum absolute atomic E-state index is 11.7. The molecule has 80 valence electrons. The second kappa shape index (κ2) is 3.93. The van der Waals surface area contributed by atoms with Crippen LogP contribution in [0.5, 0.6) is 0 Å². The van der Waals surface area contributed by atoms with Crippen LogP contribution in [0, 0.1) is 18.8 Å². The lowest BCUT2D eigenvalue weighted by Gasteiger charge is -2.07. The Morgan fingerprint density at radius 2 is 2.27 bits per heavy atom. The zero-order valence-corrected chi connectivity index (χ0v) is 10.3. The highest BCUT2D eigenvalue weighted by Gasteiger charge is 2.39. The molecule has 0 aromatic carbocycles. The molecule has 3 nitrogen and oxygen atoms in total. The fourth-order valence-corrected chi connectivity index (χ4v) is 1.97. The highest BCUT2D eigenvalue weighted by molar-refractivity contribution is 9.10. The van der Waals surface area contributed by atoms with E-state index < -0.39 is 0 Å². The topological polar surface area (TPSA) is 42.0 Å². The van der Waals surface area contributed by atoms with E-state index in [-0.39, 0.29) is 11.8 Å². The Balaban J connectivity index is 2.07. The second-order valence-corrected chi connectivity index (χ2v) is 4.89. The van der Waals surface area contributed by atoms with Crippen molar-refractivity contribution in [2.24, 2.45) is 11.8 Å². The maximum Gasteiger partial charge on any atom is 0.227 e. The number of aryl methyl sites for hydroxylation is 1. The summed E-state index contributed by atoms with van der Waals surface area (Å²) in [6.45, 7) is 3.98. The van der Waals surface area contributed by atoms with Crippen LogP contribution in [-0.2, 0) is 4.79 Å². The van der Waals surface area contributed by atoms with Gasteiger partial charge in [0.05, 0.1) is 11.4 Å². The van der Waals surface area contributed by atoms with Crippen molar-refractivity contribution in [2.45, 2.75) is 20.3 Å². The van der Waals surface area contributed by atoms with Crippen LogP contribution in [0.3, 0.4) is 0 Å². The number of amides is 1. The van der Waals surface area contributed by atoms with Crippen molar-refractivity contribution in [1.82, 2.24) is 4.98 Å². The van der Waals surface area contributed by atoms with Gasteiger partial charge in [-0.25, -0.2) is 4.98 Å². The summed E-state index contributed by atoms with van der Waals surface area (Å²) in [6.07, 6.45) is 1.01. The summed E-state index contributed by atoms with van der Waals surface area (Å²) in [5.41, 5.74) is 1.65. The molecule has 1 N–H and O–H groups in total. The molecule has 1 aromatic rings. The molecule has 0 bridgehead atoms. The third kappa shape index (κ3) is 2.37. The first-order valence-corrected chi connectivity index (χ1v) is 5.81. The standard InChI is InChI=1S/C11H13BrN2O/c1-6-5-8(6)11(15)14-9-3-4-10(12)13-7(9)2/h3-4,6,8H,5H2,1-2H3,(H,14,15). The van der Waals surface area contributed by atoms with Crippen LogP contribution in [0.4, 0.5) is 5.69 Å². The van der Waals surface area contributed by atoms with E-state index in [9.17, 15) is 4.79 Å². The van der Waals surface area contributed by atoms with Crippen LogP contribution < -0.4 is 5.32 Å². The number of rotatable bonds is 2. The van der Waals surface area contributed by atoms with Gasteiger partial charge in [-0.2, -0.15) is 0 Å². The van der Waals surface area contributed by atoms with Gasteiger partial charge in [-0.3, -0.25) is 4.79 Å². The molecule has 2 atom stereocenters. The summed E-state index contributed by atoms with van der Waals surface area (Å²) in [5.74, 6) is 0.858. The molecular formula is C11H13BrN2O. The van der Waals surface area contributed by atoms with Crippen molar-refractivity contribution >= 4 is 27.5 Å². The van der Waals surface area contributed by atoms with Crippen LogP contribution in [0.1, 0.15) is 19.0 Å². The number of hydrogen-bond donors (Lipinski definition) is 1. The molecule has 0 spiro atoms. The predicted octanol–water partition coefficient (Wildman–Crippen LogP) is 2.75. The lowest BCUT2D eigenvalue weighted by Crippen LogP contribution is -2.15. The van der Waals surface area contributed by atoms with Gasteiger partial charge in [-0.1, -0.05) is 6.92 Å². The number of hydrogen-bond acceptors (Lipinski definition) is 2. The SMILES string of the molecule is Cc1nc(Br)ccc1NC(=O)C1CC1C. The summed E-state index contributed by atoms with van der Waals surface area (Å²) in [4.78, 5) is 15.9. The fourth-order valence-electron chi connectivity index (χ4n) is 1.58. The Bertz CT molecular complexity index is 406. The summed E-state index contributed by atoms with van der Waals surface area (Å²) in [6, 6.07) is 3.70. The van der Waals surface area contributed by atoms with Gasteiger partial charge in [-0.15, -0.1) is 0 Å². The number of pyridine rings is 1. The van der Waals surface area contributed by atoms with E-state index in [2.05, 4.69) is 33.2 Å². The summed E-state index contributed by atoms with van der Waals surface area (Å²) >= 11 is 3.29. The number of carbonyl (C=O) groups excluding carboxylic acids is 1. The highest BCUT2D eigenvalue weighted by Crippen LogP contribution is 2.38. The van der Waals surface area contributed by atoms with Crippen LogP contribution in [0.15, 0.2) is 16.7 Å². The van der Waals surface area contributed by atoms with Crippen LogP contribution in [0.25, 0.3) is 0 Å². The number of carbonyl (C=O) groups is 1. The minimum atomic E-state index is 0.120. The number of nitrogens with one attached hydrogen (secondary N) is 1. The van der Waals surface area contributed by atoms with Crippen molar-refractivity contribution in [1.29, 1.82) is 0 Å². The van der Waals surface area contributed by atoms with Crippen molar-refractivity contribution in [3.63, 3.8) is 0 Å². The first-order chi connectivity index (χ1) is 7.08. The monoisotopic (exact) mass is 268 g/mol. The van der Waals surface area contributed by atoms with Gasteiger partial charge < -0.3 is 5.32 Å². The van der Waals surface area contributed by atoms with Crippen LogP contribution in [-0.4, -0.2) is 10.9 Å². The van der Waals surface area contributed by atoms with E-state index in [1.807, 2.05) is 19.1 Å². The first-order valence-electron chi connectivity index (χ1n) is 5.02. The predicted molar refractivity (Wildman–Crippen MR) is 62.6 cm³/mol. The van der Waals surface area contributed by atoms with E-state index in [0.717, 1.165) is 22.4 Å². The second-order valence-electron chi connectivity index (χ2n) is 4.08. The Morgan fingerprint density at radius 1 is 1.60 bits per heavy atom. The maximum atomic E-state index is 11.7. The molecule has 1 aliphatic carbocycles. The summed E-state index contributed by atoms with van der Waals surface area (Å²) < 4.78 is 0.790. The average Bonchev–Trinajstić information content (AvgIpc) is 2.88. The molecule has 0 aliphatic heterocycles. The molecule has 1 heterocycles. The van der Waals surface area contributed by atoms with E-state index in [1.165, 1.54) is 0 Å². The normalized spacial score (nSPS) is 23.7. The molecule has 4 heteroatoms. The lowest BCUT2D eigenvalue weighted by molar-refractivity contribution is -0.117. The lowest BCUT2D eigenvalue weighted by atomic mass is 10.2. The summed E-state index contributed by atoms with van der Waals surface area (Å²) in [5, 5.41) is 2.91. The number of nitrogens with zero attached hydrogens (tertiary/aromatic N) is 1. The molecule has 1 aliphatic rings. The van der Waals surface area contributed by atoms with Gasteiger partial charge in [0.2, 0.25) is 5.91 Å². The number of anilines is 1. The Morgan fingerprint density at radius 3 is 2.80 bits per heavy atom. The molecule has 1 aromatic heterocycles. The number of aromatic nitrogens is 1. The van der Waals surface area contributed by atoms with Crippen LogP contribution in [0.2, 0.25) is 0 Å². The largest absolute Gasteiger partial charge is 0.324 e. The van der Waals surface area contributed by atoms with E-state index >= 15 is 0 Å².